The zero-order valence-electron chi connectivity index (χ0n) is 8.65. The summed E-state index contributed by atoms with van der Waals surface area (Å²) in [5.74, 6) is 1.05. The van der Waals surface area contributed by atoms with Gasteiger partial charge >= 0.3 is 0 Å². The van der Waals surface area contributed by atoms with Crippen molar-refractivity contribution in [3.05, 3.63) is 23.1 Å². The van der Waals surface area contributed by atoms with Crippen LogP contribution in [0.15, 0.2) is 23.1 Å². The Labute approximate surface area is 82.9 Å². The molecule has 0 N–H and O–H groups in total. The van der Waals surface area contributed by atoms with E-state index >= 15 is 0 Å². The van der Waals surface area contributed by atoms with Crippen molar-refractivity contribution >= 4 is 11.0 Å². The Morgan fingerprint density at radius 2 is 1.92 bits per heavy atom. The number of hydrogen-bond acceptors (Lipinski definition) is 1. The van der Waals surface area contributed by atoms with Crippen molar-refractivity contribution in [2.75, 3.05) is 14.1 Å². The second-order valence-electron chi connectivity index (χ2n) is 3.71. The molecule has 0 aromatic carbocycles. The van der Waals surface area contributed by atoms with Gasteiger partial charge < -0.3 is 0 Å². The molecule has 0 saturated heterocycles. The van der Waals surface area contributed by atoms with Gasteiger partial charge in [-0.3, -0.25) is 0 Å². The highest BCUT2D eigenvalue weighted by molar-refractivity contribution is 7.86. The lowest BCUT2D eigenvalue weighted by Crippen LogP contribution is -2.18. The van der Waals surface area contributed by atoms with Crippen LogP contribution in [-0.2, 0) is 11.0 Å². The van der Waals surface area contributed by atoms with E-state index in [1.54, 1.807) is 4.31 Å². The minimum atomic E-state index is -0.986. The van der Waals surface area contributed by atoms with E-state index in [-0.39, 0.29) is 0 Å². The largest absolute Gasteiger partial charge is 0.237 e. The van der Waals surface area contributed by atoms with Crippen molar-refractivity contribution in [3.63, 3.8) is 0 Å². The van der Waals surface area contributed by atoms with Crippen LogP contribution in [0.3, 0.4) is 0 Å². The van der Waals surface area contributed by atoms with E-state index in [4.69, 9.17) is 0 Å². The molecule has 0 heterocycles. The molecule has 0 radical (unpaired) electrons. The van der Waals surface area contributed by atoms with Gasteiger partial charge in [-0.2, -0.15) is 0 Å². The molecule has 0 bridgehead atoms. The van der Waals surface area contributed by atoms with Crippen molar-refractivity contribution in [2.45, 2.75) is 13.8 Å². The van der Waals surface area contributed by atoms with Crippen LogP contribution < -0.4 is 0 Å². The van der Waals surface area contributed by atoms with Gasteiger partial charge in [0.15, 0.2) is 0 Å². The summed E-state index contributed by atoms with van der Waals surface area (Å²) in [5.41, 5.74) is 0. The molecule has 0 amide bonds. The predicted octanol–water partition coefficient (Wildman–Crippen LogP) is 1.94. The molecule has 3 unspecified atom stereocenters. The number of hydrogen-bond donors (Lipinski definition) is 0. The fourth-order valence-corrected chi connectivity index (χ4v) is 2.16. The highest BCUT2D eigenvalue weighted by Crippen LogP contribution is 2.23. The van der Waals surface area contributed by atoms with Crippen molar-refractivity contribution < 1.29 is 4.21 Å². The van der Waals surface area contributed by atoms with Gasteiger partial charge in [-0.1, -0.05) is 26.0 Å². The molecule has 0 fully saturated rings. The molecule has 13 heavy (non-hydrogen) atoms. The summed E-state index contributed by atoms with van der Waals surface area (Å²) in [6.07, 6.45) is 6.20. The summed E-state index contributed by atoms with van der Waals surface area (Å²) in [7, 11) is 2.67. The van der Waals surface area contributed by atoms with Crippen molar-refractivity contribution in [1.29, 1.82) is 0 Å². The first-order valence-corrected chi connectivity index (χ1v) is 5.62. The molecule has 0 saturated carbocycles. The van der Waals surface area contributed by atoms with Crippen LogP contribution in [0.5, 0.6) is 0 Å². The molecule has 0 aliphatic heterocycles. The average Bonchev–Trinajstić information content (AvgIpc) is 2.08. The molecule has 0 aromatic heterocycles. The average molecular weight is 199 g/mol. The van der Waals surface area contributed by atoms with Crippen LogP contribution in [0.2, 0.25) is 0 Å². The quantitative estimate of drug-likeness (QED) is 0.665. The summed E-state index contributed by atoms with van der Waals surface area (Å²) in [4.78, 5) is 0.926. The second kappa shape index (κ2) is 4.20. The van der Waals surface area contributed by atoms with Gasteiger partial charge in [-0.15, -0.1) is 0 Å². The van der Waals surface area contributed by atoms with E-state index in [0.717, 1.165) is 4.91 Å². The maximum absolute atomic E-state index is 11.7. The molecule has 0 spiro atoms. The Morgan fingerprint density at radius 1 is 1.31 bits per heavy atom. The standard InChI is InChI=1S/C10H17NOS/c1-8-5-6-10(7-9(8)2)13(12)11(3)4/h5-9H,1-4H3. The van der Waals surface area contributed by atoms with Gasteiger partial charge in [-0.25, -0.2) is 8.51 Å². The molecule has 1 aliphatic rings. The highest BCUT2D eigenvalue weighted by Gasteiger charge is 2.16. The lowest BCUT2D eigenvalue weighted by atomic mass is 9.92. The van der Waals surface area contributed by atoms with Crippen LogP contribution in [0.1, 0.15) is 13.8 Å². The van der Waals surface area contributed by atoms with E-state index < -0.39 is 11.0 Å². The maximum Gasteiger partial charge on any atom is 0.126 e. The fourth-order valence-electron chi connectivity index (χ4n) is 1.22. The lowest BCUT2D eigenvalue weighted by Gasteiger charge is -2.20. The lowest BCUT2D eigenvalue weighted by molar-refractivity contribution is 0.548. The van der Waals surface area contributed by atoms with Gasteiger partial charge in [0.2, 0.25) is 0 Å². The predicted molar refractivity (Wildman–Crippen MR) is 57.4 cm³/mol. The first kappa shape index (κ1) is 10.7. The Kier molecular flexibility index (Phi) is 3.45. The topological polar surface area (TPSA) is 20.3 Å². The summed E-state index contributed by atoms with van der Waals surface area (Å²) >= 11 is 0. The molecule has 1 aliphatic carbocycles. The SMILES string of the molecule is CC1C=CC(S(=O)N(C)C)=CC1C. The molecule has 1 rings (SSSR count). The van der Waals surface area contributed by atoms with Crippen LogP contribution in [0.4, 0.5) is 0 Å². The summed E-state index contributed by atoms with van der Waals surface area (Å²) in [5, 5.41) is 0. The van der Waals surface area contributed by atoms with E-state index in [0.29, 0.717) is 11.8 Å². The van der Waals surface area contributed by atoms with Crippen molar-refractivity contribution in [3.8, 4) is 0 Å². The van der Waals surface area contributed by atoms with Gasteiger partial charge in [0.05, 0.1) is 4.91 Å². The summed E-state index contributed by atoms with van der Waals surface area (Å²) < 4.78 is 13.4. The van der Waals surface area contributed by atoms with Crippen LogP contribution in [0, 0.1) is 11.8 Å². The number of rotatable bonds is 2. The smallest absolute Gasteiger partial charge is 0.126 e. The van der Waals surface area contributed by atoms with Crippen molar-refractivity contribution in [1.82, 2.24) is 4.31 Å². The minimum absolute atomic E-state index is 0.490. The van der Waals surface area contributed by atoms with Crippen molar-refractivity contribution in [2.24, 2.45) is 11.8 Å². The molecular weight excluding hydrogens is 182 g/mol. The van der Waals surface area contributed by atoms with Gasteiger partial charge in [0.25, 0.3) is 0 Å². The van der Waals surface area contributed by atoms with Crippen LogP contribution in [-0.4, -0.2) is 22.6 Å². The minimum Gasteiger partial charge on any atom is -0.237 e. The van der Waals surface area contributed by atoms with E-state index in [1.807, 2.05) is 20.2 Å². The third-order valence-electron chi connectivity index (χ3n) is 2.35. The monoisotopic (exact) mass is 199 g/mol. The third kappa shape index (κ3) is 2.51. The zero-order chi connectivity index (χ0) is 10.0. The maximum atomic E-state index is 11.7. The first-order chi connectivity index (χ1) is 6.02. The number of nitrogens with zero attached hydrogens (tertiary/aromatic N) is 1. The summed E-state index contributed by atoms with van der Waals surface area (Å²) in [6.45, 7) is 4.33. The van der Waals surface area contributed by atoms with E-state index in [1.165, 1.54) is 0 Å². The molecule has 3 heteroatoms. The fraction of sp³-hybridized carbons (Fsp3) is 0.600. The summed E-state index contributed by atoms with van der Waals surface area (Å²) in [6, 6.07) is 0. The van der Waals surface area contributed by atoms with Gasteiger partial charge in [-0.05, 0) is 32.0 Å². The molecular formula is C10H17NOS. The Hall–Kier alpha value is -0.410. The molecule has 0 aromatic rings. The second-order valence-corrected chi connectivity index (χ2v) is 5.41. The molecule has 2 nitrogen and oxygen atoms in total. The highest BCUT2D eigenvalue weighted by atomic mass is 32.2. The van der Waals surface area contributed by atoms with Gasteiger partial charge in [0.1, 0.15) is 11.0 Å². The van der Waals surface area contributed by atoms with Gasteiger partial charge in [0, 0.05) is 0 Å². The molecule has 3 atom stereocenters. The normalized spacial score (nSPS) is 30.4. The molecule has 74 valence electrons. The Balaban J connectivity index is 2.79. The van der Waals surface area contributed by atoms with E-state index in [9.17, 15) is 4.21 Å². The first-order valence-electron chi connectivity index (χ1n) is 4.51. The van der Waals surface area contributed by atoms with E-state index in [2.05, 4.69) is 26.0 Å². The Bertz CT molecular complexity index is 268. The zero-order valence-corrected chi connectivity index (χ0v) is 9.47. The third-order valence-corrected chi connectivity index (χ3v) is 3.69. The number of allylic oxidation sites excluding steroid dienone is 3. The Morgan fingerprint density at radius 3 is 2.38 bits per heavy atom. The van der Waals surface area contributed by atoms with Crippen LogP contribution in [0.25, 0.3) is 0 Å². The van der Waals surface area contributed by atoms with Crippen LogP contribution >= 0.6 is 0 Å².